The van der Waals surface area contributed by atoms with Crippen LogP contribution in [-0.2, 0) is 9.53 Å². The summed E-state index contributed by atoms with van der Waals surface area (Å²) in [4.78, 5) is 11.4. The molecule has 1 fully saturated rings. The average Bonchev–Trinajstić information content (AvgIpc) is 2.66. The molecule has 82 valence electrons. The number of amides is 1. The van der Waals surface area contributed by atoms with E-state index in [1.54, 1.807) is 7.11 Å². The lowest BCUT2D eigenvalue weighted by Gasteiger charge is -2.12. The Balaban J connectivity index is 2.09. The molecule has 0 aliphatic carbocycles. The van der Waals surface area contributed by atoms with Gasteiger partial charge in [0, 0.05) is 26.1 Å². The second kappa shape index (κ2) is 5.98. The number of ether oxygens (including phenoxy) is 1. The van der Waals surface area contributed by atoms with Crippen molar-refractivity contribution in [3.8, 4) is 0 Å². The minimum Gasteiger partial charge on any atom is -0.382 e. The minimum absolute atomic E-state index is 0.141. The molecule has 14 heavy (non-hydrogen) atoms. The lowest BCUT2D eigenvalue weighted by atomic mass is 10.2. The standard InChI is InChI=1S/C10H20N2O2/c1-8(14-2)3-4-10(13)12-9-5-6-11-7-9/h8-9,11H,3-7H2,1-2H3,(H,12,13)/t8?,9-/m0/s1. The Labute approximate surface area is 85.4 Å². The van der Waals surface area contributed by atoms with Gasteiger partial charge in [-0.15, -0.1) is 0 Å². The molecule has 1 rings (SSSR count). The smallest absolute Gasteiger partial charge is 0.220 e. The van der Waals surface area contributed by atoms with Crippen LogP contribution in [0.3, 0.4) is 0 Å². The predicted octanol–water partition coefficient (Wildman–Crippen LogP) is 0.280. The summed E-state index contributed by atoms with van der Waals surface area (Å²) in [6, 6.07) is 0.334. The summed E-state index contributed by atoms with van der Waals surface area (Å²) < 4.78 is 5.08. The molecule has 2 N–H and O–H groups in total. The van der Waals surface area contributed by atoms with Crippen LogP contribution in [-0.4, -0.2) is 38.3 Å². The second-order valence-electron chi connectivity index (χ2n) is 3.84. The van der Waals surface area contributed by atoms with Crippen molar-refractivity contribution in [3.05, 3.63) is 0 Å². The van der Waals surface area contributed by atoms with Crippen LogP contribution in [0.4, 0.5) is 0 Å². The molecular weight excluding hydrogens is 180 g/mol. The molecule has 0 bridgehead atoms. The van der Waals surface area contributed by atoms with Crippen molar-refractivity contribution >= 4 is 5.91 Å². The molecule has 1 unspecified atom stereocenters. The number of rotatable bonds is 5. The molecule has 4 nitrogen and oxygen atoms in total. The molecule has 0 aromatic heterocycles. The van der Waals surface area contributed by atoms with Crippen LogP contribution < -0.4 is 10.6 Å². The topological polar surface area (TPSA) is 50.4 Å². The van der Waals surface area contributed by atoms with Gasteiger partial charge >= 0.3 is 0 Å². The highest BCUT2D eigenvalue weighted by Gasteiger charge is 2.16. The Kier molecular flexibility index (Phi) is 4.90. The maximum atomic E-state index is 11.4. The van der Waals surface area contributed by atoms with Gasteiger partial charge in [-0.05, 0) is 26.3 Å². The van der Waals surface area contributed by atoms with Gasteiger partial charge in [-0.1, -0.05) is 0 Å². The first kappa shape index (κ1) is 11.5. The summed E-state index contributed by atoms with van der Waals surface area (Å²) in [5, 5.41) is 6.22. The zero-order valence-electron chi connectivity index (χ0n) is 9.01. The third-order valence-corrected chi connectivity index (χ3v) is 2.61. The van der Waals surface area contributed by atoms with Crippen LogP contribution in [0.25, 0.3) is 0 Å². The summed E-state index contributed by atoms with van der Waals surface area (Å²) in [6.07, 6.45) is 2.57. The fourth-order valence-electron chi connectivity index (χ4n) is 1.53. The molecule has 0 saturated carbocycles. The van der Waals surface area contributed by atoms with Crippen LogP contribution in [0.1, 0.15) is 26.2 Å². The van der Waals surface area contributed by atoms with Gasteiger partial charge in [0.25, 0.3) is 0 Å². The summed E-state index contributed by atoms with van der Waals surface area (Å²) in [6.45, 7) is 3.90. The van der Waals surface area contributed by atoms with Crippen molar-refractivity contribution in [2.45, 2.75) is 38.3 Å². The maximum Gasteiger partial charge on any atom is 0.220 e. The number of hydrogen-bond acceptors (Lipinski definition) is 3. The highest BCUT2D eigenvalue weighted by Crippen LogP contribution is 2.02. The third-order valence-electron chi connectivity index (χ3n) is 2.61. The molecule has 0 radical (unpaired) electrons. The summed E-state index contributed by atoms with van der Waals surface area (Å²) in [5.74, 6) is 0.141. The fraction of sp³-hybridized carbons (Fsp3) is 0.900. The Hall–Kier alpha value is -0.610. The predicted molar refractivity (Wildman–Crippen MR) is 55.1 cm³/mol. The van der Waals surface area contributed by atoms with E-state index in [9.17, 15) is 4.79 Å². The van der Waals surface area contributed by atoms with Crippen LogP contribution >= 0.6 is 0 Å². The van der Waals surface area contributed by atoms with Gasteiger partial charge in [0.05, 0.1) is 6.10 Å². The average molecular weight is 200 g/mol. The second-order valence-corrected chi connectivity index (χ2v) is 3.84. The van der Waals surface area contributed by atoms with Crippen molar-refractivity contribution < 1.29 is 9.53 Å². The summed E-state index contributed by atoms with van der Waals surface area (Å²) in [5.41, 5.74) is 0. The Morgan fingerprint density at radius 3 is 3.07 bits per heavy atom. The molecular formula is C10H20N2O2. The normalized spacial score (nSPS) is 23.4. The molecule has 1 saturated heterocycles. The first-order chi connectivity index (χ1) is 6.72. The van der Waals surface area contributed by atoms with Gasteiger partial charge in [0.15, 0.2) is 0 Å². The van der Waals surface area contributed by atoms with E-state index >= 15 is 0 Å². The Morgan fingerprint density at radius 1 is 1.71 bits per heavy atom. The van der Waals surface area contributed by atoms with Gasteiger partial charge in [-0.2, -0.15) is 0 Å². The zero-order valence-corrected chi connectivity index (χ0v) is 9.01. The van der Waals surface area contributed by atoms with Crippen molar-refractivity contribution in [1.82, 2.24) is 10.6 Å². The number of hydrogen-bond donors (Lipinski definition) is 2. The van der Waals surface area contributed by atoms with E-state index in [0.29, 0.717) is 12.5 Å². The van der Waals surface area contributed by atoms with Crippen molar-refractivity contribution in [2.24, 2.45) is 0 Å². The van der Waals surface area contributed by atoms with Gasteiger partial charge < -0.3 is 15.4 Å². The van der Waals surface area contributed by atoms with E-state index < -0.39 is 0 Å². The van der Waals surface area contributed by atoms with Gasteiger partial charge in [-0.3, -0.25) is 4.79 Å². The van der Waals surface area contributed by atoms with E-state index in [-0.39, 0.29) is 12.0 Å². The fourth-order valence-corrected chi connectivity index (χ4v) is 1.53. The molecule has 1 aliphatic rings. The van der Waals surface area contributed by atoms with Crippen molar-refractivity contribution in [2.75, 3.05) is 20.2 Å². The van der Waals surface area contributed by atoms with Crippen LogP contribution in [0.15, 0.2) is 0 Å². The van der Waals surface area contributed by atoms with Gasteiger partial charge in [0.1, 0.15) is 0 Å². The van der Waals surface area contributed by atoms with E-state index in [2.05, 4.69) is 10.6 Å². The molecule has 1 heterocycles. The number of nitrogens with one attached hydrogen (secondary N) is 2. The monoisotopic (exact) mass is 200 g/mol. The van der Waals surface area contributed by atoms with Gasteiger partial charge in [0.2, 0.25) is 5.91 Å². The van der Waals surface area contributed by atoms with E-state index in [1.807, 2.05) is 6.92 Å². The first-order valence-corrected chi connectivity index (χ1v) is 5.25. The number of carbonyl (C=O) groups is 1. The summed E-state index contributed by atoms with van der Waals surface area (Å²) in [7, 11) is 1.67. The summed E-state index contributed by atoms with van der Waals surface area (Å²) >= 11 is 0. The molecule has 0 aromatic carbocycles. The molecule has 2 atom stereocenters. The van der Waals surface area contributed by atoms with E-state index in [0.717, 1.165) is 25.9 Å². The SMILES string of the molecule is COC(C)CCC(=O)N[C@H]1CCNC1. The van der Waals surface area contributed by atoms with E-state index in [1.165, 1.54) is 0 Å². The minimum atomic E-state index is 0.141. The number of carbonyl (C=O) groups excluding carboxylic acids is 1. The highest BCUT2D eigenvalue weighted by molar-refractivity contribution is 5.76. The highest BCUT2D eigenvalue weighted by atomic mass is 16.5. The lowest BCUT2D eigenvalue weighted by Crippen LogP contribution is -2.36. The Morgan fingerprint density at radius 2 is 2.50 bits per heavy atom. The van der Waals surface area contributed by atoms with E-state index in [4.69, 9.17) is 4.74 Å². The molecule has 1 aliphatic heterocycles. The zero-order chi connectivity index (χ0) is 10.4. The molecule has 0 spiro atoms. The largest absolute Gasteiger partial charge is 0.382 e. The maximum absolute atomic E-state index is 11.4. The third kappa shape index (κ3) is 4.07. The quantitative estimate of drug-likeness (QED) is 0.670. The molecule has 4 heteroatoms. The van der Waals surface area contributed by atoms with Gasteiger partial charge in [-0.25, -0.2) is 0 Å². The first-order valence-electron chi connectivity index (χ1n) is 5.25. The van der Waals surface area contributed by atoms with Crippen molar-refractivity contribution in [1.29, 1.82) is 0 Å². The van der Waals surface area contributed by atoms with Crippen molar-refractivity contribution in [3.63, 3.8) is 0 Å². The molecule has 1 amide bonds. The number of methoxy groups -OCH3 is 1. The van der Waals surface area contributed by atoms with Crippen LogP contribution in [0, 0.1) is 0 Å². The van der Waals surface area contributed by atoms with Crippen LogP contribution in [0.5, 0.6) is 0 Å². The lowest BCUT2D eigenvalue weighted by molar-refractivity contribution is -0.122. The van der Waals surface area contributed by atoms with Crippen LogP contribution in [0.2, 0.25) is 0 Å². The molecule has 0 aromatic rings. The Bertz CT molecular complexity index is 179.